The van der Waals surface area contributed by atoms with E-state index in [9.17, 15) is 31.5 Å². The van der Waals surface area contributed by atoms with Gasteiger partial charge in [0.15, 0.2) is 0 Å². The lowest BCUT2D eigenvalue weighted by Gasteiger charge is -2.25. The van der Waals surface area contributed by atoms with Crippen LogP contribution in [0.1, 0.15) is 48.4 Å². The molecule has 0 radical (unpaired) electrons. The van der Waals surface area contributed by atoms with Crippen LogP contribution in [0.25, 0.3) is 11.1 Å². The lowest BCUT2D eigenvalue weighted by molar-refractivity contribution is -0.148. The number of aromatic nitrogens is 1. The largest absolute Gasteiger partial charge is 0.392 e. The third-order valence-corrected chi connectivity index (χ3v) is 6.92. The summed E-state index contributed by atoms with van der Waals surface area (Å²) in [4.78, 5) is 31.8. The molecule has 3 aromatic rings. The molecule has 11 heteroatoms. The van der Waals surface area contributed by atoms with Crippen LogP contribution in [-0.2, 0) is 9.59 Å². The number of fused-ring (bicyclic) bond motifs is 3. The molecule has 0 bridgehead atoms. The van der Waals surface area contributed by atoms with Crippen LogP contribution in [0.2, 0.25) is 0 Å². The third-order valence-electron chi connectivity index (χ3n) is 6.92. The Morgan fingerprint density at radius 3 is 2.50 bits per heavy atom. The Morgan fingerprint density at radius 1 is 1.16 bits per heavy atom. The van der Waals surface area contributed by atoms with E-state index in [0.717, 1.165) is 23.1 Å². The van der Waals surface area contributed by atoms with E-state index in [1.54, 1.807) is 19.1 Å². The lowest BCUT2D eigenvalue weighted by Crippen LogP contribution is -2.40. The molecule has 1 aliphatic heterocycles. The Labute approximate surface area is 213 Å². The van der Waals surface area contributed by atoms with E-state index in [2.05, 4.69) is 10.3 Å². The Bertz CT molecular complexity index is 1410. The number of benzene rings is 2. The van der Waals surface area contributed by atoms with E-state index in [4.69, 9.17) is 0 Å². The quantitative estimate of drug-likeness (QED) is 0.377. The highest BCUT2D eigenvalue weighted by atomic mass is 19.4. The van der Waals surface area contributed by atoms with E-state index in [-0.39, 0.29) is 40.2 Å². The molecular weight excluding hydrogens is 512 g/mol. The number of nitrogens with one attached hydrogen (secondary N) is 1. The fraction of sp³-hybridized carbons (Fsp3) is 0.296. The molecule has 3 atom stereocenters. The monoisotopic (exact) mass is 533 g/mol. The number of pyridine rings is 1. The first-order valence-electron chi connectivity index (χ1n) is 11.8. The summed E-state index contributed by atoms with van der Waals surface area (Å²) in [6.07, 6.45) is -5.87. The highest BCUT2D eigenvalue weighted by molar-refractivity contribution is 6.09. The maximum Gasteiger partial charge on any atom is 0.392 e. The minimum absolute atomic E-state index is 0.0281. The van der Waals surface area contributed by atoms with Crippen LogP contribution >= 0.6 is 0 Å². The van der Waals surface area contributed by atoms with Crippen LogP contribution in [0.5, 0.6) is 0 Å². The average Bonchev–Trinajstić information content (AvgIpc) is 3.68. The number of rotatable bonds is 5. The smallest absolute Gasteiger partial charge is 0.325 e. The second-order valence-corrected chi connectivity index (χ2v) is 9.44. The molecular formula is C27H21F6N3O2. The zero-order valence-electron chi connectivity index (χ0n) is 19.9. The summed E-state index contributed by atoms with van der Waals surface area (Å²) in [7, 11) is 0. The van der Waals surface area contributed by atoms with Crippen molar-refractivity contribution in [3.63, 3.8) is 0 Å². The summed E-state index contributed by atoms with van der Waals surface area (Å²) in [5, 5.41) is 2.52. The van der Waals surface area contributed by atoms with Gasteiger partial charge < -0.3 is 10.2 Å². The van der Waals surface area contributed by atoms with Gasteiger partial charge in [-0.05, 0) is 55.2 Å². The molecule has 2 amide bonds. The van der Waals surface area contributed by atoms with Crippen LogP contribution in [0.3, 0.4) is 0 Å². The molecule has 2 aromatic carbocycles. The average molecular weight is 533 g/mol. The molecule has 1 N–H and O–H groups in total. The molecule has 5 nitrogen and oxygen atoms in total. The standard InChI is InChI=1S/C27H21F6N3O2/c1-13-24-17(3-2-8-34-24)23-20(28)9-15(18-11-19(18)27(31,32)33)10-21(23)36(26(13)38)12-22(37)35-16-6-4-14(5-7-16)25(29)30/h2-10,13,18-19,25H,11-12H2,1H3,(H,35,37). The Kier molecular flexibility index (Phi) is 6.40. The number of hydrogen-bond acceptors (Lipinski definition) is 3. The highest BCUT2D eigenvalue weighted by Gasteiger charge is 2.56. The third kappa shape index (κ3) is 4.72. The van der Waals surface area contributed by atoms with Gasteiger partial charge >= 0.3 is 6.18 Å². The number of carbonyl (C=O) groups is 2. The first kappa shape index (κ1) is 25.7. The fourth-order valence-electron chi connectivity index (χ4n) is 4.89. The zero-order valence-corrected chi connectivity index (χ0v) is 19.9. The van der Waals surface area contributed by atoms with Crippen molar-refractivity contribution in [2.24, 2.45) is 5.92 Å². The Balaban J connectivity index is 1.53. The van der Waals surface area contributed by atoms with Crippen molar-refractivity contribution in [2.45, 2.75) is 37.8 Å². The van der Waals surface area contributed by atoms with Crippen molar-refractivity contribution >= 4 is 23.2 Å². The van der Waals surface area contributed by atoms with Gasteiger partial charge in [-0.3, -0.25) is 14.6 Å². The molecule has 2 aliphatic rings. The van der Waals surface area contributed by atoms with Crippen LogP contribution in [0.4, 0.5) is 37.7 Å². The van der Waals surface area contributed by atoms with Gasteiger partial charge in [0.2, 0.25) is 11.8 Å². The number of alkyl halides is 5. The summed E-state index contributed by atoms with van der Waals surface area (Å²) >= 11 is 0. The van der Waals surface area contributed by atoms with Gasteiger partial charge in [0.05, 0.1) is 23.2 Å². The Morgan fingerprint density at radius 2 is 1.87 bits per heavy atom. The fourth-order valence-corrected chi connectivity index (χ4v) is 4.89. The zero-order chi connectivity index (χ0) is 27.4. The number of amides is 2. The molecule has 0 saturated heterocycles. The maximum absolute atomic E-state index is 15.6. The van der Waals surface area contributed by atoms with Crippen molar-refractivity contribution in [3.05, 3.63) is 77.4 Å². The summed E-state index contributed by atoms with van der Waals surface area (Å²) in [5.41, 5.74) is 0.568. The molecule has 2 heterocycles. The van der Waals surface area contributed by atoms with Crippen molar-refractivity contribution in [2.75, 3.05) is 16.8 Å². The normalized spacial score (nSPS) is 20.6. The molecule has 3 unspecified atom stereocenters. The van der Waals surface area contributed by atoms with Gasteiger partial charge in [0.25, 0.3) is 6.43 Å². The molecule has 1 aromatic heterocycles. The van der Waals surface area contributed by atoms with Gasteiger partial charge in [-0.25, -0.2) is 13.2 Å². The first-order valence-corrected chi connectivity index (χ1v) is 11.8. The van der Waals surface area contributed by atoms with Gasteiger partial charge in [0, 0.05) is 28.6 Å². The summed E-state index contributed by atoms with van der Waals surface area (Å²) in [5.74, 6) is -5.57. The maximum atomic E-state index is 15.6. The summed E-state index contributed by atoms with van der Waals surface area (Å²) in [6, 6.07) is 10.4. The van der Waals surface area contributed by atoms with Crippen molar-refractivity contribution < 1.29 is 35.9 Å². The molecule has 5 rings (SSSR count). The Hall–Kier alpha value is -3.89. The molecule has 198 valence electrons. The number of carbonyl (C=O) groups excluding carboxylic acids is 2. The van der Waals surface area contributed by atoms with E-state index in [1.165, 1.54) is 24.4 Å². The summed E-state index contributed by atoms with van der Waals surface area (Å²) < 4.78 is 81.0. The van der Waals surface area contributed by atoms with E-state index < -0.39 is 54.5 Å². The molecule has 38 heavy (non-hydrogen) atoms. The second-order valence-electron chi connectivity index (χ2n) is 9.44. The van der Waals surface area contributed by atoms with Crippen LogP contribution < -0.4 is 10.2 Å². The number of anilines is 2. The number of nitrogens with zero attached hydrogens (tertiary/aromatic N) is 2. The minimum atomic E-state index is -4.44. The minimum Gasteiger partial charge on any atom is -0.325 e. The van der Waals surface area contributed by atoms with Crippen LogP contribution in [0.15, 0.2) is 54.7 Å². The topological polar surface area (TPSA) is 62.3 Å². The second kappa shape index (κ2) is 9.45. The SMILES string of the molecule is CC1C(=O)N(CC(=O)Nc2ccc(C(F)F)cc2)c2cc(C3CC3C(F)(F)F)cc(F)c2-c2cccnc21. The van der Waals surface area contributed by atoms with E-state index in [0.29, 0.717) is 5.56 Å². The predicted molar refractivity (Wildman–Crippen MR) is 127 cm³/mol. The van der Waals surface area contributed by atoms with Gasteiger partial charge in [-0.2, -0.15) is 13.2 Å². The van der Waals surface area contributed by atoms with Crippen molar-refractivity contribution in [3.8, 4) is 11.1 Å². The van der Waals surface area contributed by atoms with E-state index >= 15 is 4.39 Å². The predicted octanol–water partition coefficient (Wildman–Crippen LogP) is 6.58. The van der Waals surface area contributed by atoms with Crippen molar-refractivity contribution in [1.82, 2.24) is 4.98 Å². The molecule has 1 saturated carbocycles. The first-order chi connectivity index (χ1) is 18.0. The van der Waals surface area contributed by atoms with Crippen LogP contribution in [0, 0.1) is 11.7 Å². The molecule has 1 aliphatic carbocycles. The van der Waals surface area contributed by atoms with Gasteiger partial charge in [0.1, 0.15) is 12.4 Å². The summed E-state index contributed by atoms with van der Waals surface area (Å²) in [6.45, 7) is 0.963. The van der Waals surface area contributed by atoms with E-state index in [1.807, 2.05) is 0 Å². The number of halogens is 6. The van der Waals surface area contributed by atoms with Gasteiger partial charge in [-0.15, -0.1) is 0 Å². The molecule has 0 spiro atoms. The lowest BCUT2D eigenvalue weighted by atomic mass is 9.95. The number of hydrogen-bond donors (Lipinski definition) is 1. The van der Waals surface area contributed by atoms with Crippen molar-refractivity contribution in [1.29, 1.82) is 0 Å². The highest BCUT2D eigenvalue weighted by Crippen LogP contribution is 2.57. The van der Waals surface area contributed by atoms with Gasteiger partial charge in [-0.1, -0.05) is 18.2 Å². The molecule has 1 fully saturated rings. The van der Waals surface area contributed by atoms with Crippen LogP contribution in [-0.4, -0.2) is 29.5 Å².